The van der Waals surface area contributed by atoms with Gasteiger partial charge in [0.05, 0.1) is 6.04 Å². The average molecular weight is 286 g/mol. The van der Waals surface area contributed by atoms with E-state index in [-0.39, 0.29) is 18.3 Å². The van der Waals surface area contributed by atoms with Crippen LogP contribution in [0.3, 0.4) is 0 Å². The molecule has 1 rings (SSSR count). The van der Waals surface area contributed by atoms with Gasteiger partial charge < -0.3 is 16.0 Å². The Morgan fingerprint density at radius 2 is 2.16 bits per heavy atom. The van der Waals surface area contributed by atoms with Gasteiger partial charge in [-0.05, 0) is 38.5 Å². The Balaban J connectivity index is 0.00000324. The topological polar surface area (TPSA) is 58.4 Å². The number of aryl methyl sites for hydroxylation is 1. The SMILES string of the molecule is CCN(CCNC(=O)C(C)N)c1cccc(C)c1.Cl. The number of benzene rings is 1. The van der Waals surface area contributed by atoms with E-state index in [1.54, 1.807) is 6.92 Å². The molecule has 0 spiro atoms. The number of likely N-dealkylation sites (N-methyl/N-ethyl adjacent to an activating group) is 1. The maximum Gasteiger partial charge on any atom is 0.236 e. The third kappa shape index (κ3) is 5.94. The highest BCUT2D eigenvalue weighted by atomic mass is 35.5. The lowest BCUT2D eigenvalue weighted by Crippen LogP contribution is -2.42. The molecule has 1 unspecified atom stereocenters. The summed E-state index contributed by atoms with van der Waals surface area (Å²) in [6.07, 6.45) is 0. The summed E-state index contributed by atoms with van der Waals surface area (Å²) in [6.45, 7) is 8.19. The first kappa shape index (κ1) is 17.7. The number of carbonyl (C=O) groups excluding carboxylic acids is 1. The Kier molecular flexibility index (Phi) is 8.19. The molecule has 1 aromatic carbocycles. The van der Waals surface area contributed by atoms with E-state index in [9.17, 15) is 4.79 Å². The fourth-order valence-corrected chi connectivity index (χ4v) is 1.77. The number of halogens is 1. The van der Waals surface area contributed by atoms with Crippen molar-refractivity contribution in [3.05, 3.63) is 29.8 Å². The Morgan fingerprint density at radius 3 is 2.68 bits per heavy atom. The molecule has 0 bridgehead atoms. The summed E-state index contributed by atoms with van der Waals surface area (Å²) in [5, 5.41) is 2.83. The molecular formula is C14H24ClN3O. The van der Waals surface area contributed by atoms with Crippen molar-refractivity contribution in [2.45, 2.75) is 26.8 Å². The van der Waals surface area contributed by atoms with E-state index in [0.29, 0.717) is 6.54 Å². The highest BCUT2D eigenvalue weighted by molar-refractivity contribution is 5.85. The molecule has 3 N–H and O–H groups in total. The fourth-order valence-electron chi connectivity index (χ4n) is 1.77. The quantitative estimate of drug-likeness (QED) is 0.836. The van der Waals surface area contributed by atoms with Gasteiger partial charge in [0.25, 0.3) is 0 Å². The van der Waals surface area contributed by atoms with Gasteiger partial charge in [0.15, 0.2) is 0 Å². The molecule has 0 aliphatic heterocycles. The molecule has 0 heterocycles. The second kappa shape index (κ2) is 8.77. The van der Waals surface area contributed by atoms with Crippen molar-refractivity contribution in [1.82, 2.24) is 5.32 Å². The number of rotatable bonds is 6. The van der Waals surface area contributed by atoms with Crippen LogP contribution in [0.5, 0.6) is 0 Å². The number of nitrogens with zero attached hydrogens (tertiary/aromatic N) is 1. The third-order valence-electron chi connectivity index (χ3n) is 2.84. The number of hydrogen-bond donors (Lipinski definition) is 2. The van der Waals surface area contributed by atoms with Crippen LogP contribution in [0.25, 0.3) is 0 Å². The van der Waals surface area contributed by atoms with E-state index in [0.717, 1.165) is 13.1 Å². The van der Waals surface area contributed by atoms with Crippen molar-refractivity contribution >= 4 is 24.0 Å². The van der Waals surface area contributed by atoms with Crippen molar-refractivity contribution in [3.63, 3.8) is 0 Å². The summed E-state index contributed by atoms with van der Waals surface area (Å²) in [6, 6.07) is 7.92. The second-order valence-corrected chi connectivity index (χ2v) is 4.50. The Hall–Kier alpha value is -1.26. The minimum atomic E-state index is -0.445. The van der Waals surface area contributed by atoms with E-state index < -0.39 is 6.04 Å². The lowest BCUT2D eigenvalue weighted by Gasteiger charge is -2.23. The summed E-state index contributed by atoms with van der Waals surface area (Å²) in [5.74, 6) is -0.102. The van der Waals surface area contributed by atoms with Crippen LogP contribution < -0.4 is 16.0 Å². The van der Waals surface area contributed by atoms with Crippen LogP contribution in [-0.2, 0) is 4.79 Å². The van der Waals surface area contributed by atoms with Gasteiger partial charge in [0.2, 0.25) is 5.91 Å². The monoisotopic (exact) mass is 285 g/mol. The van der Waals surface area contributed by atoms with Gasteiger partial charge in [-0.3, -0.25) is 4.79 Å². The molecule has 1 amide bonds. The van der Waals surface area contributed by atoms with E-state index in [1.165, 1.54) is 11.3 Å². The van der Waals surface area contributed by atoms with E-state index in [1.807, 2.05) is 6.07 Å². The van der Waals surface area contributed by atoms with Crippen molar-refractivity contribution in [1.29, 1.82) is 0 Å². The summed E-state index contributed by atoms with van der Waals surface area (Å²) < 4.78 is 0. The van der Waals surface area contributed by atoms with Crippen LogP contribution in [0, 0.1) is 6.92 Å². The third-order valence-corrected chi connectivity index (χ3v) is 2.84. The lowest BCUT2D eigenvalue weighted by atomic mass is 10.2. The molecule has 1 atom stereocenters. The number of anilines is 1. The number of hydrogen-bond acceptors (Lipinski definition) is 3. The zero-order chi connectivity index (χ0) is 13.5. The van der Waals surface area contributed by atoms with Crippen molar-refractivity contribution in [2.24, 2.45) is 5.73 Å². The van der Waals surface area contributed by atoms with Crippen LogP contribution in [-0.4, -0.2) is 31.6 Å². The van der Waals surface area contributed by atoms with Crippen LogP contribution in [0.2, 0.25) is 0 Å². The molecule has 0 radical (unpaired) electrons. The lowest BCUT2D eigenvalue weighted by molar-refractivity contribution is -0.121. The van der Waals surface area contributed by atoms with Crippen molar-refractivity contribution < 1.29 is 4.79 Å². The maximum absolute atomic E-state index is 11.3. The van der Waals surface area contributed by atoms with Gasteiger partial charge in [0.1, 0.15) is 0 Å². The number of nitrogens with two attached hydrogens (primary N) is 1. The Bertz CT molecular complexity index is 396. The molecule has 4 nitrogen and oxygen atoms in total. The minimum absolute atomic E-state index is 0. The molecule has 108 valence electrons. The van der Waals surface area contributed by atoms with Crippen molar-refractivity contribution in [2.75, 3.05) is 24.5 Å². The first-order chi connectivity index (χ1) is 8.54. The molecule has 1 aromatic rings. The first-order valence-corrected chi connectivity index (χ1v) is 6.39. The molecular weight excluding hydrogens is 262 g/mol. The zero-order valence-corrected chi connectivity index (χ0v) is 12.7. The number of amides is 1. The Labute approximate surface area is 121 Å². The minimum Gasteiger partial charge on any atom is -0.370 e. The smallest absolute Gasteiger partial charge is 0.236 e. The summed E-state index contributed by atoms with van der Waals surface area (Å²) in [7, 11) is 0. The predicted molar refractivity (Wildman–Crippen MR) is 83.0 cm³/mol. The standard InChI is InChI=1S/C14H23N3O.ClH/c1-4-17(9-8-16-14(18)12(3)15)13-7-5-6-11(2)10-13;/h5-7,10,12H,4,8-9,15H2,1-3H3,(H,16,18);1H. The molecule has 0 aliphatic carbocycles. The van der Waals surface area contributed by atoms with Gasteiger partial charge in [0, 0.05) is 25.3 Å². The van der Waals surface area contributed by atoms with E-state index >= 15 is 0 Å². The van der Waals surface area contributed by atoms with E-state index in [2.05, 4.69) is 42.3 Å². The van der Waals surface area contributed by atoms with Crippen LogP contribution in [0.15, 0.2) is 24.3 Å². The van der Waals surface area contributed by atoms with E-state index in [4.69, 9.17) is 5.73 Å². The molecule has 0 aliphatic rings. The highest BCUT2D eigenvalue weighted by Crippen LogP contribution is 2.14. The first-order valence-electron chi connectivity index (χ1n) is 6.39. The summed E-state index contributed by atoms with van der Waals surface area (Å²) >= 11 is 0. The molecule has 19 heavy (non-hydrogen) atoms. The van der Waals surface area contributed by atoms with Gasteiger partial charge in [-0.2, -0.15) is 0 Å². The predicted octanol–water partition coefficient (Wildman–Crippen LogP) is 1.71. The second-order valence-electron chi connectivity index (χ2n) is 4.50. The van der Waals surface area contributed by atoms with Gasteiger partial charge in [-0.15, -0.1) is 12.4 Å². The zero-order valence-electron chi connectivity index (χ0n) is 11.8. The van der Waals surface area contributed by atoms with Gasteiger partial charge >= 0.3 is 0 Å². The molecule has 0 saturated carbocycles. The van der Waals surface area contributed by atoms with Gasteiger partial charge in [-0.1, -0.05) is 12.1 Å². The number of carbonyl (C=O) groups is 1. The molecule has 0 aromatic heterocycles. The summed E-state index contributed by atoms with van der Waals surface area (Å²) in [5.41, 5.74) is 7.92. The number of nitrogens with one attached hydrogen (secondary N) is 1. The molecule has 0 fully saturated rings. The van der Waals surface area contributed by atoms with Gasteiger partial charge in [-0.25, -0.2) is 0 Å². The van der Waals surface area contributed by atoms with Crippen molar-refractivity contribution in [3.8, 4) is 0 Å². The van der Waals surface area contributed by atoms with Crippen LogP contribution >= 0.6 is 12.4 Å². The average Bonchev–Trinajstić information content (AvgIpc) is 2.34. The van der Waals surface area contributed by atoms with Crippen LogP contribution in [0.1, 0.15) is 19.4 Å². The highest BCUT2D eigenvalue weighted by Gasteiger charge is 2.08. The Morgan fingerprint density at radius 1 is 1.47 bits per heavy atom. The largest absolute Gasteiger partial charge is 0.370 e. The fraction of sp³-hybridized carbons (Fsp3) is 0.500. The normalized spacial score (nSPS) is 11.4. The summed E-state index contributed by atoms with van der Waals surface area (Å²) in [4.78, 5) is 13.6. The molecule has 0 saturated heterocycles. The van der Waals surface area contributed by atoms with Crippen LogP contribution in [0.4, 0.5) is 5.69 Å². The maximum atomic E-state index is 11.3. The molecule has 5 heteroatoms.